The fourth-order valence-corrected chi connectivity index (χ4v) is 2.70. The standard InChI is InChI=1S/C14H19N3OS/c1-3-5-11-15-13-17(12-9-7-6-8-10-12)14(18)16(4-2)19-13/h6-10H,3-5,11H2,1-2H3. The summed E-state index contributed by atoms with van der Waals surface area (Å²) in [7, 11) is 0. The van der Waals surface area contributed by atoms with Gasteiger partial charge in [0, 0.05) is 13.1 Å². The molecule has 0 unspecified atom stereocenters. The zero-order chi connectivity index (χ0) is 13.7. The Kier molecular flexibility index (Phi) is 4.74. The minimum Gasteiger partial charge on any atom is -0.257 e. The number of para-hydroxylation sites is 1. The van der Waals surface area contributed by atoms with Gasteiger partial charge >= 0.3 is 5.69 Å². The number of nitrogens with zero attached hydrogens (tertiary/aromatic N) is 3. The van der Waals surface area contributed by atoms with E-state index in [-0.39, 0.29) is 5.69 Å². The number of hydrogen-bond acceptors (Lipinski definition) is 3. The number of aryl methyl sites for hydroxylation is 1. The lowest BCUT2D eigenvalue weighted by Crippen LogP contribution is -2.27. The average Bonchev–Trinajstić information content (AvgIpc) is 2.76. The molecule has 0 aliphatic heterocycles. The summed E-state index contributed by atoms with van der Waals surface area (Å²) in [4.78, 5) is 17.7. The third kappa shape index (κ3) is 3.04. The molecular weight excluding hydrogens is 258 g/mol. The summed E-state index contributed by atoms with van der Waals surface area (Å²) >= 11 is 1.43. The van der Waals surface area contributed by atoms with Crippen LogP contribution in [-0.4, -0.2) is 15.1 Å². The van der Waals surface area contributed by atoms with Crippen molar-refractivity contribution in [2.24, 2.45) is 4.99 Å². The van der Waals surface area contributed by atoms with Crippen molar-refractivity contribution in [2.45, 2.75) is 33.2 Å². The minimum atomic E-state index is -0.00560. The van der Waals surface area contributed by atoms with Crippen LogP contribution >= 0.6 is 11.5 Å². The lowest BCUT2D eigenvalue weighted by atomic mass is 10.3. The SMILES string of the molecule is CCCCN=c1sn(CC)c(=O)n1-c1ccccc1. The van der Waals surface area contributed by atoms with Crippen LogP contribution in [0.3, 0.4) is 0 Å². The molecule has 102 valence electrons. The maximum absolute atomic E-state index is 12.3. The van der Waals surface area contributed by atoms with Gasteiger partial charge in [-0.15, -0.1) is 0 Å². The zero-order valence-electron chi connectivity index (χ0n) is 11.4. The van der Waals surface area contributed by atoms with Crippen molar-refractivity contribution in [3.8, 4) is 5.69 Å². The van der Waals surface area contributed by atoms with Crippen LogP contribution in [0.15, 0.2) is 40.1 Å². The van der Waals surface area contributed by atoms with E-state index in [9.17, 15) is 4.79 Å². The van der Waals surface area contributed by atoms with Gasteiger partial charge in [0.15, 0.2) is 0 Å². The molecule has 1 aromatic heterocycles. The van der Waals surface area contributed by atoms with Gasteiger partial charge in [0.1, 0.15) is 0 Å². The van der Waals surface area contributed by atoms with Gasteiger partial charge in [-0.1, -0.05) is 31.5 Å². The van der Waals surface area contributed by atoms with Gasteiger partial charge in [0.2, 0.25) is 4.80 Å². The van der Waals surface area contributed by atoms with E-state index in [1.54, 1.807) is 8.52 Å². The first-order valence-corrected chi connectivity index (χ1v) is 7.44. The number of unbranched alkanes of at least 4 members (excludes halogenated alkanes) is 1. The highest BCUT2D eigenvalue weighted by Gasteiger charge is 2.08. The van der Waals surface area contributed by atoms with Gasteiger partial charge in [-0.05, 0) is 37.0 Å². The highest BCUT2D eigenvalue weighted by molar-refractivity contribution is 7.03. The summed E-state index contributed by atoms with van der Waals surface area (Å²) in [5, 5.41) is 0. The Morgan fingerprint density at radius 1 is 1.21 bits per heavy atom. The molecule has 2 rings (SSSR count). The molecule has 0 atom stereocenters. The number of rotatable bonds is 5. The molecule has 4 nitrogen and oxygen atoms in total. The molecule has 5 heteroatoms. The Balaban J connectivity index is 2.55. The average molecular weight is 277 g/mol. The fraction of sp³-hybridized carbons (Fsp3) is 0.429. The molecule has 1 aromatic carbocycles. The second-order valence-electron chi connectivity index (χ2n) is 4.26. The Bertz CT molecular complexity index is 637. The molecule has 0 fully saturated rings. The largest absolute Gasteiger partial charge is 0.344 e. The van der Waals surface area contributed by atoms with E-state index in [0.717, 1.165) is 29.9 Å². The lowest BCUT2D eigenvalue weighted by Gasteiger charge is -2.00. The topological polar surface area (TPSA) is 39.3 Å². The van der Waals surface area contributed by atoms with Gasteiger partial charge in [-0.25, -0.2) is 13.3 Å². The van der Waals surface area contributed by atoms with Gasteiger partial charge in [-0.2, -0.15) is 0 Å². The third-order valence-corrected chi connectivity index (χ3v) is 3.96. The Hall–Kier alpha value is -1.62. The molecule has 0 aliphatic carbocycles. The summed E-state index contributed by atoms with van der Waals surface area (Å²) in [5.74, 6) is 0. The van der Waals surface area contributed by atoms with E-state index >= 15 is 0 Å². The predicted octanol–water partition coefficient (Wildman–Crippen LogP) is 2.42. The first-order chi connectivity index (χ1) is 9.27. The monoisotopic (exact) mass is 277 g/mol. The van der Waals surface area contributed by atoms with Crippen LogP contribution < -0.4 is 10.5 Å². The van der Waals surface area contributed by atoms with Crippen molar-refractivity contribution >= 4 is 11.5 Å². The van der Waals surface area contributed by atoms with Crippen molar-refractivity contribution in [3.05, 3.63) is 45.6 Å². The highest BCUT2D eigenvalue weighted by Crippen LogP contribution is 2.02. The minimum absolute atomic E-state index is 0.00560. The Morgan fingerprint density at radius 3 is 2.58 bits per heavy atom. The maximum Gasteiger partial charge on any atom is 0.344 e. The normalized spacial score (nSPS) is 12.0. The van der Waals surface area contributed by atoms with Crippen molar-refractivity contribution in [2.75, 3.05) is 6.54 Å². The summed E-state index contributed by atoms with van der Waals surface area (Å²) in [6, 6.07) is 9.69. The van der Waals surface area contributed by atoms with E-state index in [2.05, 4.69) is 11.9 Å². The summed E-state index contributed by atoms with van der Waals surface area (Å²) in [6.45, 7) is 5.57. The zero-order valence-corrected chi connectivity index (χ0v) is 12.2. The maximum atomic E-state index is 12.3. The van der Waals surface area contributed by atoms with Gasteiger partial charge < -0.3 is 0 Å². The number of hydrogen-bond donors (Lipinski definition) is 0. The smallest absolute Gasteiger partial charge is 0.257 e. The quantitative estimate of drug-likeness (QED) is 0.774. The lowest BCUT2D eigenvalue weighted by molar-refractivity contribution is 0.742. The molecule has 1 heterocycles. The van der Waals surface area contributed by atoms with Crippen LogP contribution in [0.2, 0.25) is 0 Å². The van der Waals surface area contributed by atoms with Crippen LogP contribution in [-0.2, 0) is 6.54 Å². The first kappa shape index (κ1) is 13.8. The predicted molar refractivity (Wildman–Crippen MR) is 78.9 cm³/mol. The second-order valence-corrected chi connectivity index (χ2v) is 5.25. The van der Waals surface area contributed by atoms with E-state index in [4.69, 9.17) is 0 Å². The van der Waals surface area contributed by atoms with Crippen molar-refractivity contribution < 1.29 is 0 Å². The molecule has 0 bridgehead atoms. The molecule has 0 saturated heterocycles. The van der Waals surface area contributed by atoms with Crippen LogP contribution in [0.25, 0.3) is 5.69 Å². The molecule has 0 aliphatic rings. The van der Waals surface area contributed by atoms with E-state index in [0.29, 0.717) is 6.54 Å². The fourth-order valence-electron chi connectivity index (χ4n) is 1.80. The highest BCUT2D eigenvalue weighted by atomic mass is 32.1. The van der Waals surface area contributed by atoms with Crippen molar-refractivity contribution in [3.63, 3.8) is 0 Å². The first-order valence-electron chi connectivity index (χ1n) is 6.67. The molecule has 2 aromatic rings. The molecule has 0 N–H and O–H groups in total. The van der Waals surface area contributed by atoms with Crippen molar-refractivity contribution in [1.82, 2.24) is 8.52 Å². The van der Waals surface area contributed by atoms with E-state index in [1.165, 1.54) is 11.5 Å². The van der Waals surface area contributed by atoms with Crippen LogP contribution in [0.1, 0.15) is 26.7 Å². The Morgan fingerprint density at radius 2 is 1.95 bits per heavy atom. The molecule has 0 saturated carbocycles. The van der Waals surface area contributed by atoms with Gasteiger partial charge in [-0.3, -0.25) is 4.99 Å². The van der Waals surface area contributed by atoms with E-state index in [1.807, 2.05) is 37.3 Å². The number of aromatic nitrogens is 2. The van der Waals surface area contributed by atoms with Crippen LogP contribution in [0.5, 0.6) is 0 Å². The summed E-state index contributed by atoms with van der Waals surface area (Å²) < 4.78 is 3.43. The third-order valence-electron chi connectivity index (χ3n) is 2.85. The molecule has 0 radical (unpaired) electrons. The molecule has 19 heavy (non-hydrogen) atoms. The number of benzene rings is 1. The molecular formula is C14H19N3OS. The van der Waals surface area contributed by atoms with Gasteiger partial charge in [0.05, 0.1) is 5.69 Å². The van der Waals surface area contributed by atoms with E-state index < -0.39 is 0 Å². The summed E-state index contributed by atoms with van der Waals surface area (Å²) in [5.41, 5.74) is 0.875. The van der Waals surface area contributed by atoms with Crippen LogP contribution in [0.4, 0.5) is 0 Å². The second kappa shape index (κ2) is 6.52. The van der Waals surface area contributed by atoms with Crippen LogP contribution in [0, 0.1) is 0 Å². The molecule has 0 amide bonds. The van der Waals surface area contributed by atoms with Crippen molar-refractivity contribution in [1.29, 1.82) is 0 Å². The Labute approximate surface area is 116 Å². The molecule has 0 spiro atoms. The van der Waals surface area contributed by atoms with Gasteiger partial charge in [0.25, 0.3) is 0 Å². The summed E-state index contributed by atoms with van der Waals surface area (Å²) in [6.07, 6.45) is 2.16.